The minimum Gasteiger partial charge on any atom is -0.346 e. The highest BCUT2D eigenvalue weighted by Crippen LogP contribution is 2.38. The van der Waals surface area contributed by atoms with Gasteiger partial charge in [0.2, 0.25) is 0 Å². The van der Waals surface area contributed by atoms with E-state index in [2.05, 4.69) is 15.1 Å². The Bertz CT molecular complexity index is 1090. The smallest absolute Gasteiger partial charge is 0.272 e. The number of anilines is 1. The maximum Gasteiger partial charge on any atom is 0.272 e. The number of sulfonamides is 1. The molecule has 1 aromatic heterocycles. The van der Waals surface area contributed by atoms with Crippen LogP contribution in [0.5, 0.6) is 0 Å². The summed E-state index contributed by atoms with van der Waals surface area (Å²) in [6.07, 6.45) is -1.63. The summed E-state index contributed by atoms with van der Waals surface area (Å²) in [5.74, 6) is -0.661. The summed E-state index contributed by atoms with van der Waals surface area (Å²) in [7, 11) is -2.59. The van der Waals surface area contributed by atoms with Crippen LogP contribution < -0.4 is 10.0 Å². The Kier molecular flexibility index (Phi) is 6.91. The molecule has 0 radical (unpaired) electrons. The van der Waals surface area contributed by atoms with E-state index in [1.807, 2.05) is 27.7 Å². The minimum absolute atomic E-state index is 0.0129. The van der Waals surface area contributed by atoms with Gasteiger partial charge >= 0.3 is 0 Å². The van der Waals surface area contributed by atoms with E-state index in [1.54, 1.807) is 11.8 Å². The molecule has 1 aromatic carbocycles. The number of ether oxygens (including phenoxy) is 1. The summed E-state index contributed by atoms with van der Waals surface area (Å²) in [5.41, 5.74) is 2.16. The number of hydrogen-bond donors (Lipinski definition) is 2. The number of rotatable bonds is 7. The molecule has 0 aliphatic carbocycles. The van der Waals surface area contributed by atoms with Crippen molar-refractivity contribution in [3.05, 3.63) is 40.8 Å². The molecule has 11 heteroatoms. The van der Waals surface area contributed by atoms with Gasteiger partial charge in [0.05, 0.1) is 6.10 Å². The number of carbonyl (C=O) groups excluding carboxylic acids is 1. The van der Waals surface area contributed by atoms with Crippen LogP contribution in [0.25, 0.3) is 0 Å². The zero-order chi connectivity index (χ0) is 23.8. The molecule has 32 heavy (non-hydrogen) atoms. The average Bonchev–Trinajstić information content (AvgIpc) is 3.11. The van der Waals surface area contributed by atoms with Gasteiger partial charge in [-0.1, -0.05) is 13.8 Å². The van der Waals surface area contributed by atoms with Crippen LogP contribution in [-0.4, -0.2) is 48.4 Å². The summed E-state index contributed by atoms with van der Waals surface area (Å²) < 4.78 is 49.5. The fourth-order valence-electron chi connectivity index (χ4n) is 3.74. The molecule has 1 aliphatic rings. The van der Waals surface area contributed by atoms with E-state index >= 15 is 0 Å². The van der Waals surface area contributed by atoms with Crippen molar-refractivity contribution in [1.82, 2.24) is 19.4 Å². The molecule has 2 heterocycles. The number of aromatic nitrogens is 2. The van der Waals surface area contributed by atoms with Gasteiger partial charge in [0.1, 0.15) is 11.5 Å². The number of nitrogens with zero attached hydrogens (tertiary/aromatic N) is 3. The second kappa shape index (κ2) is 9.16. The molecule has 0 bridgehead atoms. The van der Waals surface area contributed by atoms with Gasteiger partial charge < -0.3 is 15.0 Å². The normalized spacial score (nSPS) is 18.4. The number of halogens is 1. The van der Waals surface area contributed by atoms with Crippen LogP contribution in [0.15, 0.2) is 23.2 Å². The predicted octanol–water partition coefficient (Wildman–Crippen LogP) is 2.93. The van der Waals surface area contributed by atoms with Gasteiger partial charge in [-0.25, -0.2) is 12.8 Å². The maximum atomic E-state index is 14.1. The largest absolute Gasteiger partial charge is 0.346 e. The second-order valence-electron chi connectivity index (χ2n) is 8.01. The lowest BCUT2D eigenvalue weighted by molar-refractivity contribution is -0.00142. The van der Waals surface area contributed by atoms with E-state index in [9.17, 15) is 17.6 Å². The highest BCUT2D eigenvalue weighted by molar-refractivity contribution is 7.89. The predicted molar refractivity (Wildman–Crippen MR) is 118 cm³/mol. The number of benzene rings is 1. The monoisotopic (exact) mass is 467 g/mol. The summed E-state index contributed by atoms with van der Waals surface area (Å²) >= 11 is 0. The van der Waals surface area contributed by atoms with Crippen LogP contribution in [0.1, 0.15) is 68.3 Å². The highest BCUT2D eigenvalue weighted by atomic mass is 32.2. The first-order valence-electron chi connectivity index (χ1n) is 10.6. The van der Waals surface area contributed by atoms with Crippen LogP contribution in [0.2, 0.25) is 0 Å². The van der Waals surface area contributed by atoms with Gasteiger partial charge in [-0.3, -0.25) is 9.48 Å². The molecule has 2 aromatic rings. The van der Waals surface area contributed by atoms with Gasteiger partial charge in [-0.15, -0.1) is 0 Å². The zero-order valence-electron chi connectivity index (χ0n) is 19.1. The quantitative estimate of drug-likeness (QED) is 0.649. The van der Waals surface area contributed by atoms with Crippen molar-refractivity contribution in [2.24, 2.45) is 7.05 Å². The van der Waals surface area contributed by atoms with Gasteiger partial charge in [0, 0.05) is 37.5 Å². The molecule has 2 unspecified atom stereocenters. The number of fused-ring (bicyclic) bond motifs is 1. The van der Waals surface area contributed by atoms with E-state index in [-0.39, 0.29) is 28.4 Å². The Morgan fingerprint density at radius 3 is 2.56 bits per heavy atom. The van der Waals surface area contributed by atoms with E-state index in [0.29, 0.717) is 24.3 Å². The van der Waals surface area contributed by atoms with Crippen molar-refractivity contribution in [1.29, 1.82) is 0 Å². The zero-order valence-corrected chi connectivity index (χ0v) is 20.0. The minimum atomic E-state index is -4.12. The lowest BCUT2D eigenvalue weighted by Crippen LogP contribution is -2.45. The first-order chi connectivity index (χ1) is 15.0. The molecule has 2 atom stereocenters. The number of amides is 1. The molecule has 1 aliphatic heterocycles. The number of nitrogens with one attached hydrogen (secondary N) is 2. The molecule has 2 N–H and O–H groups in total. The average molecular weight is 468 g/mol. The Hall–Kier alpha value is -2.50. The Labute approximate surface area is 188 Å². The molecule has 9 nitrogen and oxygen atoms in total. The van der Waals surface area contributed by atoms with E-state index < -0.39 is 22.5 Å². The molecule has 1 amide bonds. The molecule has 0 fully saturated rings. The summed E-state index contributed by atoms with van der Waals surface area (Å²) in [6, 6.07) is 4.06. The molecule has 0 spiro atoms. The standard InChI is InChI=1S/C21H30FN5O4S/c1-7-27(8-2)20(28)17-11-18(24-26(17)6)32(29,30)25-21-23-19-15(12(3)4)9-14(22)10-16(19)13(5)31-21/h9-13,21,23,25H,7-8H2,1-6H3. The Morgan fingerprint density at radius 2 is 1.97 bits per heavy atom. The second-order valence-corrected chi connectivity index (χ2v) is 9.67. The van der Waals surface area contributed by atoms with Crippen LogP contribution in [0.3, 0.4) is 0 Å². The van der Waals surface area contributed by atoms with Crippen molar-refractivity contribution >= 4 is 21.6 Å². The summed E-state index contributed by atoms with van der Waals surface area (Å²) in [6.45, 7) is 10.3. The Morgan fingerprint density at radius 1 is 1.31 bits per heavy atom. The molecule has 0 saturated carbocycles. The van der Waals surface area contributed by atoms with Crippen LogP contribution >= 0.6 is 0 Å². The lowest BCUT2D eigenvalue weighted by atomic mass is 9.94. The maximum absolute atomic E-state index is 14.1. The third-order valence-electron chi connectivity index (χ3n) is 5.50. The highest BCUT2D eigenvalue weighted by Gasteiger charge is 2.32. The number of carbonyl (C=O) groups is 1. The van der Waals surface area contributed by atoms with Crippen molar-refractivity contribution in [2.75, 3.05) is 18.4 Å². The fraction of sp³-hybridized carbons (Fsp3) is 0.524. The first-order valence-corrected chi connectivity index (χ1v) is 12.1. The summed E-state index contributed by atoms with van der Waals surface area (Å²) in [4.78, 5) is 14.2. The SMILES string of the molecule is CCN(CC)C(=O)c1cc(S(=O)(=O)NC2Nc3c(C(C)C)cc(F)cc3C(C)O2)nn1C. The van der Waals surface area contributed by atoms with Crippen molar-refractivity contribution in [3.63, 3.8) is 0 Å². The third-order valence-corrected chi connectivity index (χ3v) is 6.78. The van der Waals surface area contributed by atoms with Crippen molar-refractivity contribution in [3.8, 4) is 0 Å². The van der Waals surface area contributed by atoms with E-state index in [1.165, 1.54) is 29.9 Å². The molecule has 176 valence electrons. The Balaban J connectivity index is 1.87. The van der Waals surface area contributed by atoms with Crippen LogP contribution in [0.4, 0.5) is 10.1 Å². The summed E-state index contributed by atoms with van der Waals surface area (Å²) in [5, 5.41) is 6.76. The number of aryl methyl sites for hydroxylation is 1. The van der Waals surface area contributed by atoms with Gasteiger partial charge in [0.15, 0.2) is 11.4 Å². The topological polar surface area (TPSA) is 106 Å². The number of hydrogen-bond acceptors (Lipinski definition) is 6. The van der Waals surface area contributed by atoms with Crippen molar-refractivity contribution < 1.29 is 22.3 Å². The molecular formula is C21H30FN5O4S. The van der Waals surface area contributed by atoms with E-state index in [4.69, 9.17) is 4.74 Å². The van der Waals surface area contributed by atoms with Crippen LogP contribution in [0, 0.1) is 5.82 Å². The third kappa shape index (κ3) is 4.64. The molecular weight excluding hydrogens is 437 g/mol. The first kappa shape index (κ1) is 24.1. The lowest BCUT2D eigenvalue weighted by Gasteiger charge is -2.34. The van der Waals surface area contributed by atoms with Crippen LogP contribution in [-0.2, 0) is 21.8 Å². The molecule has 3 rings (SSSR count). The van der Waals surface area contributed by atoms with Gasteiger partial charge in [-0.05, 0) is 44.4 Å². The van der Waals surface area contributed by atoms with E-state index in [0.717, 1.165) is 5.56 Å². The van der Waals surface area contributed by atoms with Crippen molar-refractivity contribution in [2.45, 2.75) is 58.0 Å². The fourth-order valence-corrected chi connectivity index (χ4v) is 4.75. The van der Waals surface area contributed by atoms with Gasteiger partial charge in [-0.2, -0.15) is 9.82 Å². The molecule has 0 saturated heterocycles. The van der Waals surface area contributed by atoms with Gasteiger partial charge in [0.25, 0.3) is 15.9 Å².